The second kappa shape index (κ2) is 4.34. The number of nitrogen functional groups attached to an aromatic ring is 1. The molecule has 2 rings (SSSR count). The van der Waals surface area contributed by atoms with Crippen molar-refractivity contribution >= 4 is 11.6 Å². The maximum absolute atomic E-state index is 9.77. The van der Waals surface area contributed by atoms with Gasteiger partial charge in [-0.15, -0.1) is 0 Å². The lowest BCUT2D eigenvalue weighted by atomic mass is 9.64. The molecular formula is C14H24N4O. The Morgan fingerprint density at radius 2 is 2.00 bits per heavy atom. The zero-order valence-electron chi connectivity index (χ0n) is 12.4. The summed E-state index contributed by atoms with van der Waals surface area (Å²) in [7, 11) is 0. The SMILES string of the molecule is CC(C)(C)c1nc(N)cc(NC2CC(O)C2(C)C)n1. The number of aliphatic hydroxyl groups excluding tert-OH is 1. The van der Waals surface area contributed by atoms with Gasteiger partial charge >= 0.3 is 0 Å². The minimum absolute atomic E-state index is 0.137. The lowest BCUT2D eigenvalue weighted by Gasteiger charge is -2.49. The summed E-state index contributed by atoms with van der Waals surface area (Å²) in [6.45, 7) is 10.3. The van der Waals surface area contributed by atoms with Gasteiger partial charge in [-0.05, 0) is 6.42 Å². The van der Waals surface area contributed by atoms with Gasteiger partial charge in [-0.3, -0.25) is 0 Å². The van der Waals surface area contributed by atoms with Crippen molar-refractivity contribution in [3.63, 3.8) is 0 Å². The Kier molecular flexibility index (Phi) is 3.21. The van der Waals surface area contributed by atoms with Gasteiger partial charge in [0.2, 0.25) is 0 Å². The molecule has 0 aromatic carbocycles. The summed E-state index contributed by atoms with van der Waals surface area (Å²) >= 11 is 0. The first-order valence-corrected chi connectivity index (χ1v) is 6.70. The number of aliphatic hydroxyl groups is 1. The summed E-state index contributed by atoms with van der Waals surface area (Å²) in [4.78, 5) is 8.82. The predicted molar refractivity (Wildman–Crippen MR) is 77.0 cm³/mol. The van der Waals surface area contributed by atoms with Crippen LogP contribution in [0.15, 0.2) is 6.07 Å². The number of rotatable bonds is 2. The topological polar surface area (TPSA) is 84.1 Å². The van der Waals surface area contributed by atoms with Crippen LogP contribution in [0.2, 0.25) is 0 Å². The smallest absolute Gasteiger partial charge is 0.138 e. The number of anilines is 2. The molecule has 1 aliphatic carbocycles. The van der Waals surface area contributed by atoms with Crippen LogP contribution in [0.25, 0.3) is 0 Å². The van der Waals surface area contributed by atoms with E-state index in [1.807, 2.05) is 13.8 Å². The highest BCUT2D eigenvalue weighted by atomic mass is 16.3. The van der Waals surface area contributed by atoms with Crippen LogP contribution in [0.4, 0.5) is 11.6 Å². The molecule has 0 bridgehead atoms. The number of hydrogen-bond acceptors (Lipinski definition) is 5. The summed E-state index contributed by atoms with van der Waals surface area (Å²) in [6.07, 6.45) is 0.480. The van der Waals surface area contributed by atoms with Crippen molar-refractivity contribution in [1.82, 2.24) is 9.97 Å². The number of nitrogens with one attached hydrogen (secondary N) is 1. The lowest BCUT2D eigenvalue weighted by Crippen LogP contribution is -2.57. The molecule has 2 atom stereocenters. The quantitative estimate of drug-likeness (QED) is 0.760. The molecule has 1 fully saturated rings. The molecule has 0 spiro atoms. The van der Waals surface area contributed by atoms with Crippen molar-refractivity contribution in [2.45, 2.75) is 58.6 Å². The van der Waals surface area contributed by atoms with Gasteiger partial charge in [-0.1, -0.05) is 34.6 Å². The maximum Gasteiger partial charge on any atom is 0.138 e. The fourth-order valence-corrected chi connectivity index (χ4v) is 2.20. The molecule has 2 unspecified atom stereocenters. The Hall–Kier alpha value is -1.36. The molecule has 1 saturated carbocycles. The van der Waals surface area contributed by atoms with Gasteiger partial charge in [0.25, 0.3) is 0 Å². The summed E-state index contributed by atoms with van der Waals surface area (Å²) in [5.41, 5.74) is 5.57. The Morgan fingerprint density at radius 3 is 2.47 bits per heavy atom. The summed E-state index contributed by atoms with van der Waals surface area (Å²) in [6, 6.07) is 1.96. The predicted octanol–water partition coefficient (Wildman–Crippen LogP) is 1.93. The van der Waals surface area contributed by atoms with Gasteiger partial charge in [0.1, 0.15) is 17.5 Å². The number of nitrogens with two attached hydrogens (primary N) is 1. The van der Waals surface area contributed by atoms with Crippen molar-refractivity contribution in [2.24, 2.45) is 5.41 Å². The van der Waals surface area contributed by atoms with Crippen LogP contribution in [0, 0.1) is 5.41 Å². The minimum atomic E-state index is -0.258. The first kappa shape index (κ1) is 14.1. The molecule has 1 aromatic heterocycles. The van der Waals surface area contributed by atoms with E-state index in [1.165, 1.54) is 0 Å². The standard InChI is InChI=1S/C14H24N4O/c1-13(2,3)12-17-10(15)7-11(18-12)16-8-6-9(19)14(8,4)5/h7-9,19H,6H2,1-5H3,(H3,15,16,17,18). The fourth-order valence-electron chi connectivity index (χ4n) is 2.20. The zero-order chi connectivity index (χ0) is 14.4. The van der Waals surface area contributed by atoms with Crippen molar-refractivity contribution in [1.29, 1.82) is 0 Å². The molecule has 0 aliphatic heterocycles. The van der Waals surface area contributed by atoms with Crippen LogP contribution in [0.3, 0.4) is 0 Å². The van der Waals surface area contributed by atoms with Crippen molar-refractivity contribution in [3.8, 4) is 0 Å². The third-order valence-electron chi connectivity index (χ3n) is 3.95. The molecule has 0 amide bonds. The first-order chi connectivity index (χ1) is 8.60. The van der Waals surface area contributed by atoms with E-state index < -0.39 is 0 Å². The fraction of sp³-hybridized carbons (Fsp3) is 0.714. The van der Waals surface area contributed by atoms with Gasteiger partial charge in [0.15, 0.2) is 0 Å². The summed E-state index contributed by atoms with van der Waals surface area (Å²) in [5.74, 6) is 1.94. The highest BCUT2D eigenvalue weighted by Gasteiger charge is 2.47. The molecule has 1 aliphatic rings. The van der Waals surface area contributed by atoms with Crippen LogP contribution in [0.1, 0.15) is 46.9 Å². The third-order valence-corrected chi connectivity index (χ3v) is 3.95. The normalized spacial score (nSPS) is 25.8. The number of aromatic nitrogens is 2. The average molecular weight is 264 g/mol. The average Bonchev–Trinajstić information content (AvgIpc) is 2.27. The van der Waals surface area contributed by atoms with Crippen molar-refractivity contribution in [2.75, 3.05) is 11.1 Å². The van der Waals surface area contributed by atoms with Crippen LogP contribution in [-0.4, -0.2) is 27.2 Å². The molecule has 1 aromatic rings. The first-order valence-electron chi connectivity index (χ1n) is 6.70. The van der Waals surface area contributed by atoms with E-state index in [-0.39, 0.29) is 23.0 Å². The van der Waals surface area contributed by atoms with Gasteiger partial charge < -0.3 is 16.2 Å². The zero-order valence-corrected chi connectivity index (χ0v) is 12.4. The molecule has 0 radical (unpaired) electrons. The Bertz CT molecular complexity index is 479. The maximum atomic E-state index is 9.77. The number of nitrogens with zero attached hydrogens (tertiary/aromatic N) is 2. The van der Waals surface area contributed by atoms with Crippen LogP contribution in [-0.2, 0) is 5.41 Å². The van der Waals surface area contributed by atoms with E-state index in [1.54, 1.807) is 6.07 Å². The Morgan fingerprint density at radius 1 is 1.37 bits per heavy atom. The molecule has 4 N–H and O–H groups in total. The summed E-state index contributed by atoms with van der Waals surface area (Å²) in [5, 5.41) is 13.1. The molecule has 5 heteroatoms. The van der Waals surface area contributed by atoms with Gasteiger partial charge in [-0.25, -0.2) is 9.97 Å². The Labute approximate surface area is 114 Å². The van der Waals surface area contributed by atoms with E-state index in [2.05, 4.69) is 36.1 Å². The van der Waals surface area contributed by atoms with Gasteiger partial charge in [0, 0.05) is 22.9 Å². The van der Waals surface area contributed by atoms with Crippen LogP contribution >= 0.6 is 0 Å². The van der Waals surface area contributed by atoms with E-state index in [4.69, 9.17) is 5.73 Å². The van der Waals surface area contributed by atoms with Gasteiger partial charge in [-0.2, -0.15) is 0 Å². The Balaban J connectivity index is 2.20. The van der Waals surface area contributed by atoms with Gasteiger partial charge in [0.05, 0.1) is 6.10 Å². The van der Waals surface area contributed by atoms with Crippen LogP contribution < -0.4 is 11.1 Å². The third kappa shape index (κ3) is 2.66. The second-order valence-electron chi connectivity index (χ2n) is 7.02. The summed E-state index contributed by atoms with van der Waals surface area (Å²) < 4.78 is 0. The molecular weight excluding hydrogens is 240 g/mol. The van der Waals surface area contributed by atoms with Crippen molar-refractivity contribution in [3.05, 3.63) is 11.9 Å². The second-order valence-corrected chi connectivity index (χ2v) is 7.02. The van der Waals surface area contributed by atoms with Crippen LogP contribution in [0.5, 0.6) is 0 Å². The number of hydrogen-bond donors (Lipinski definition) is 3. The molecule has 1 heterocycles. The highest BCUT2D eigenvalue weighted by Crippen LogP contribution is 2.42. The molecule has 106 valence electrons. The molecule has 19 heavy (non-hydrogen) atoms. The van der Waals surface area contributed by atoms with E-state index in [0.717, 1.165) is 18.1 Å². The van der Waals surface area contributed by atoms with E-state index in [0.29, 0.717) is 5.82 Å². The molecule has 0 saturated heterocycles. The van der Waals surface area contributed by atoms with Crippen molar-refractivity contribution < 1.29 is 5.11 Å². The van der Waals surface area contributed by atoms with E-state index in [9.17, 15) is 5.11 Å². The highest BCUT2D eigenvalue weighted by molar-refractivity contribution is 5.47. The largest absolute Gasteiger partial charge is 0.392 e. The molecule has 5 nitrogen and oxygen atoms in total. The monoisotopic (exact) mass is 264 g/mol. The van der Waals surface area contributed by atoms with E-state index >= 15 is 0 Å². The lowest BCUT2D eigenvalue weighted by molar-refractivity contribution is -0.0511. The minimum Gasteiger partial charge on any atom is -0.392 e.